The maximum atomic E-state index is 12.5. The van der Waals surface area contributed by atoms with Crippen LogP contribution in [-0.2, 0) is 0 Å². The number of hydrogen-bond donors (Lipinski definition) is 3. The monoisotopic (exact) mass is 275 g/mol. The Morgan fingerprint density at radius 1 is 1.53 bits per heavy atom. The van der Waals surface area contributed by atoms with Crippen molar-refractivity contribution >= 4 is 11.8 Å². The number of rotatable bonds is 6. The minimum absolute atomic E-state index is 0.00375. The SMILES string of the molecule is Cc1cc(/C(N)=N/O)nc(N(CCO)CC(F)F)n1. The molecule has 19 heavy (non-hydrogen) atoms. The summed E-state index contributed by atoms with van der Waals surface area (Å²) in [6, 6.07) is 1.46. The van der Waals surface area contributed by atoms with E-state index in [0.29, 0.717) is 5.69 Å². The van der Waals surface area contributed by atoms with Crippen LogP contribution in [0.3, 0.4) is 0 Å². The smallest absolute Gasteiger partial charge is 0.255 e. The van der Waals surface area contributed by atoms with Gasteiger partial charge in [-0.05, 0) is 13.0 Å². The minimum atomic E-state index is -2.59. The van der Waals surface area contributed by atoms with Gasteiger partial charge in [0.05, 0.1) is 13.2 Å². The third-order valence-corrected chi connectivity index (χ3v) is 2.22. The van der Waals surface area contributed by atoms with Crippen molar-refractivity contribution in [1.82, 2.24) is 9.97 Å². The Morgan fingerprint density at radius 3 is 2.74 bits per heavy atom. The molecule has 0 atom stereocenters. The Morgan fingerprint density at radius 2 is 2.21 bits per heavy atom. The number of nitrogens with two attached hydrogens (primary N) is 1. The van der Waals surface area contributed by atoms with Gasteiger partial charge in [0, 0.05) is 12.2 Å². The first-order valence-corrected chi connectivity index (χ1v) is 5.45. The first-order valence-electron chi connectivity index (χ1n) is 5.45. The molecule has 1 aromatic heterocycles. The summed E-state index contributed by atoms with van der Waals surface area (Å²) in [7, 11) is 0. The van der Waals surface area contributed by atoms with Crippen molar-refractivity contribution in [1.29, 1.82) is 0 Å². The number of anilines is 1. The summed E-state index contributed by atoms with van der Waals surface area (Å²) in [6.07, 6.45) is -2.59. The number of aliphatic hydroxyl groups is 1. The molecule has 0 saturated heterocycles. The summed E-state index contributed by atoms with van der Waals surface area (Å²) in [5.41, 5.74) is 6.00. The molecule has 4 N–H and O–H groups in total. The second-order valence-electron chi connectivity index (χ2n) is 3.74. The number of aryl methyl sites for hydroxylation is 1. The Balaban J connectivity index is 3.11. The lowest BCUT2D eigenvalue weighted by Crippen LogP contribution is -2.33. The summed E-state index contributed by atoms with van der Waals surface area (Å²) < 4.78 is 24.9. The van der Waals surface area contributed by atoms with Gasteiger partial charge in [-0.3, -0.25) is 0 Å². The molecule has 1 aromatic rings. The van der Waals surface area contributed by atoms with Crippen LogP contribution in [0.2, 0.25) is 0 Å². The lowest BCUT2D eigenvalue weighted by molar-refractivity contribution is 0.152. The van der Waals surface area contributed by atoms with Crippen LogP contribution in [0.1, 0.15) is 11.4 Å². The van der Waals surface area contributed by atoms with Crippen molar-refractivity contribution in [2.45, 2.75) is 13.3 Å². The van der Waals surface area contributed by atoms with Crippen molar-refractivity contribution in [3.05, 3.63) is 17.5 Å². The van der Waals surface area contributed by atoms with Gasteiger partial charge in [-0.1, -0.05) is 5.16 Å². The quantitative estimate of drug-likeness (QED) is 0.290. The molecule has 0 aliphatic rings. The van der Waals surface area contributed by atoms with Gasteiger partial charge in [-0.2, -0.15) is 0 Å². The number of amidine groups is 1. The van der Waals surface area contributed by atoms with Crippen molar-refractivity contribution in [3.63, 3.8) is 0 Å². The van der Waals surface area contributed by atoms with Crippen molar-refractivity contribution in [2.75, 3.05) is 24.6 Å². The molecule has 1 heterocycles. The normalized spacial score (nSPS) is 11.9. The number of aromatic nitrogens is 2. The highest BCUT2D eigenvalue weighted by molar-refractivity contribution is 5.95. The van der Waals surface area contributed by atoms with E-state index in [-0.39, 0.29) is 30.6 Å². The highest BCUT2D eigenvalue weighted by atomic mass is 19.3. The second kappa shape index (κ2) is 6.78. The fraction of sp³-hybridized carbons (Fsp3) is 0.500. The Labute approximate surface area is 108 Å². The molecule has 0 bridgehead atoms. The van der Waals surface area contributed by atoms with Crippen LogP contribution in [-0.4, -0.2) is 52.2 Å². The van der Waals surface area contributed by atoms with Gasteiger partial charge in [0.15, 0.2) is 5.84 Å². The van der Waals surface area contributed by atoms with E-state index in [9.17, 15) is 8.78 Å². The van der Waals surface area contributed by atoms with Crippen LogP contribution in [0.15, 0.2) is 11.2 Å². The Kier molecular flexibility index (Phi) is 5.37. The van der Waals surface area contributed by atoms with Gasteiger partial charge in [0.2, 0.25) is 5.95 Å². The molecule has 0 unspecified atom stereocenters. The Bertz CT molecular complexity index is 456. The van der Waals surface area contributed by atoms with Crippen LogP contribution in [0.4, 0.5) is 14.7 Å². The van der Waals surface area contributed by atoms with E-state index in [1.807, 2.05) is 0 Å². The first kappa shape index (κ1) is 15.0. The molecule has 0 saturated carbocycles. The summed E-state index contributed by atoms with van der Waals surface area (Å²) in [6.45, 7) is 0.658. The van der Waals surface area contributed by atoms with Crippen LogP contribution in [0.25, 0.3) is 0 Å². The second-order valence-corrected chi connectivity index (χ2v) is 3.74. The van der Waals surface area contributed by atoms with E-state index >= 15 is 0 Å². The molecule has 0 aliphatic heterocycles. The summed E-state index contributed by atoms with van der Waals surface area (Å²) in [5, 5.41) is 20.3. The largest absolute Gasteiger partial charge is 0.409 e. The topological polar surface area (TPSA) is 108 Å². The minimum Gasteiger partial charge on any atom is -0.409 e. The van der Waals surface area contributed by atoms with E-state index < -0.39 is 13.0 Å². The molecule has 1 rings (SSSR count). The van der Waals surface area contributed by atoms with Gasteiger partial charge in [-0.15, -0.1) is 0 Å². The number of halogens is 2. The van der Waals surface area contributed by atoms with Crippen molar-refractivity contribution in [2.24, 2.45) is 10.9 Å². The van der Waals surface area contributed by atoms with E-state index in [2.05, 4.69) is 15.1 Å². The maximum absolute atomic E-state index is 12.5. The molecule has 0 aliphatic carbocycles. The van der Waals surface area contributed by atoms with Crippen LogP contribution >= 0.6 is 0 Å². The number of aliphatic hydroxyl groups excluding tert-OH is 1. The molecule has 0 amide bonds. The predicted molar refractivity (Wildman–Crippen MR) is 64.6 cm³/mol. The van der Waals surface area contributed by atoms with Crippen LogP contribution in [0, 0.1) is 6.92 Å². The van der Waals surface area contributed by atoms with E-state index in [1.54, 1.807) is 6.92 Å². The van der Waals surface area contributed by atoms with E-state index in [4.69, 9.17) is 16.0 Å². The lowest BCUT2D eigenvalue weighted by Gasteiger charge is -2.21. The predicted octanol–water partition coefficient (Wildman–Crippen LogP) is -0.0567. The lowest BCUT2D eigenvalue weighted by atomic mass is 10.3. The summed E-state index contributed by atoms with van der Waals surface area (Å²) in [5.74, 6) is -0.247. The molecule has 0 radical (unpaired) electrons. The van der Waals surface area contributed by atoms with E-state index in [1.165, 1.54) is 6.07 Å². The molecule has 106 valence electrons. The summed E-state index contributed by atoms with van der Waals surface area (Å²) in [4.78, 5) is 9.06. The van der Waals surface area contributed by atoms with Gasteiger partial charge in [0.25, 0.3) is 6.43 Å². The number of nitrogens with zero attached hydrogens (tertiary/aromatic N) is 4. The van der Waals surface area contributed by atoms with Crippen molar-refractivity contribution in [3.8, 4) is 0 Å². The highest BCUT2D eigenvalue weighted by Crippen LogP contribution is 2.12. The molecule has 0 spiro atoms. The average Bonchev–Trinajstić information content (AvgIpc) is 2.36. The fourth-order valence-corrected chi connectivity index (χ4v) is 1.44. The van der Waals surface area contributed by atoms with E-state index in [0.717, 1.165) is 4.90 Å². The standard InChI is InChI=1S/C10H15F2N5O2/c1-6-4-7(9(13)16-19)15-10(14-6)17(2-3-18)5-8(11)12/h4,8,18-19H,2-3,5H2,1H3,(H2,13,16). The van der Waals surface area contributed by atoms with Gasteiger partial charge in [0.1, 0.15) is 5.69 Å². The zero-order chi connectivity index (χ0) is 14.4. The van der Waals surface area contributed by atoms with Crippen LogP contribution < -0.4 is 10.6 Å². The summed E-state index contributed by atoms with van der Waals surface area (Å²) >= 11 is 0. The Hall–Kier alpha value is -2.03. The molecule has 9 heteroatoms. The maximum Gasteiger partial charge on any atom is 0.255 e. The number of alkyl halides is 2. The fourth-order valence-electron chi connectivity index (χ4n) is 1.44. The molecule has 0 aromatic carbocycles. The third kappa shape index (κ3) is 4.28. The number of oxime groups is 1. The molecular weight excluding hydrogens is 260 g/mol. The first-order chi connectivity index (χ1) is 8.97. The molecule has 0 fully saturated rings. The molecular formula is C10H15F2N5O2. The zero-order valence-corrected chi connectivity index (χ0v) is 10.3. The number of hydrogen-bond acceptors (Lipinski definition) is 6. The average molecular weight is 275 g/mol. The third-order valence-electron chi connectivity index (χ3n) is 2.22. The highest BCUT2D eigenvalue weighted by Gasteiger charge is 2.16. The van der Waals surface area contributed by atoms with Gasteiger partial charge >= 0.3 is 0 Å². The van der Waals surface area contributed by atoms with Crippen molar-refractivity contribution < 1.29 is 19.1 Å². The van der Waals surface area contributed by atoms with Crippen LogP contribution in [0.5, 0.6) is 0 Å². The van der Waals surface area contributed by atoms with Gasteiger partial charge < -0.3 is 20.9 Å². The molecule has 7 nitrogen and oxygen atoms in total. The van der Waals surface area contributed by atoms with Gasteiger partial charge in [-0.25, -0.2) is 18.7 Å². The zero-order valence-electron chi connectivity index (χ0n) is 10.3.